The first-order chi connectivity index (χ1) is 8.08. The Morgan fingerprint density at radius 2 is 2.29 bits per heavy atom. The highest BCUT2D eigenvalue weighted by molar-refractivity contribution is 9.10. The van der Waals surface area contributed by atoms with Gasteiger partial charge in [-0.15, -0.1) is 0 Å². The van der Waals surface area contributed by atoms with Crippen LogP contribution in [0.2, 0.25) is 5.28 Å². The van der Waals surface area contributed by atoms with Gasteiger partial charge >= 0.3 is 0 Å². The van der Waals surface area contributed by atoms with Crippen LogP contribution in [0.15, 0.2) is 10.7 Å². The molecule has 1 aliphatic carbocycles. The summed E-state index contributed by atoms with van der Waals surface area (Å²) >= 11 is 8.95. The van der Waals surface area contributed by atoms with E-state index in [1.165, 1.54) is 6.20 Å². The van der Waals surface area contributed by atoms with E-state index in [-0.39, 0.29) is 11.3 Å². The molecule has 17 heavy (non-hydrogen) atoms. The highest BCUT2D eigenvalue weighted by Crippen LogP contribution is 2.27. The van der Waals surface area contributed by atoms with Gasteiger partial charge in [-0.25, -0.2) is 9.37 Å². The molecule has 1 heterocycles. The minimum atomic E-state index is -1.18. The topological polar surface area (TPSA) is 58.0 Å². The number of hydrogen-bond donors (Lipinski definition) is 2. The van der Waals surface area contributed by atoms with Crippen molar-refractivity contribution in [3.63, 3.8) is 0 Å². The van der Waals surface area contributed by atoms with Crippen LogP contribution in [0.4, 0.5) is 10.2 Å². The SMILES string of the molecule is O[C@H]1[C@@H](Nc2nc(Cl)ncc2Br)CCC[C@@H]1F. The normalized spacial score (nSPS) is 29.1. The van der Waals surface area contributed by atoms with Crippen molar-refractivity contribution in [1.82, 2.24) is 9.97 Å². The van der Waals surface area contributed by atoms with Gasteiger partial charge in [0.1, 0.15) is 18.1 Å². The van der Waals surface area contributed by atoms with Crippen LogP contribution in [0.25, 0.3) is 0 Å². The lowest BCUT2D eigenvalue weighted by molar-refractivity contribution is 0.0341. The van der Waals surface area contributed by atoms with Crippen molar-refractivity contribution < 1.29 is 9.50 Å². The number of nitrogens with zero attached hydrogens (tertiary/aromatic N) is 2. The maximum Gasteiger partial charge on any atom is 0.224 e. The molecule has 0 saturated heterocycles. The first kappa shape index (κ1) is 13.0. The number of nitrogens with one attached hydrogen (secondary N) is 1. The van der Waals surface area contributed by atoms with Crippen LogP contribution >= 0.6 is 27.5 Å². The summed E-state index contributed by atoms with van der Waals surface area (Å²) in [5.41, 5.74) is 0. The van der Waals surface area contributed by atoms with Gasteiger partial charge in [-0.05, 0) is 46.8 Å². The molecule has 0 amide bonds. The Balaban J connectivity index is 2.11. The molecule has 0 aromatic carbocycles. The number of hydrogen-bond acceptors (Lipinski definition) is 4. The average Bonchev–Trinajstić information content (AvgIpc) is 2.30. The number of aliphatic hydroxyl groups excluding tert-OH is 1. The molecule has 1 fully saturated rings. The summed E-state index contributed by atoms with van der Waals surface area (Å²) in [7, 11) is 0. The van der Waals surface area contributed by atoms with Crippen LogP contribution in [0.5, 0.6) is 0 Å². The zero-order valence-electron chi connectivity index (χ0n) is 8.91. The second kappa shape index (κ2) is 5.46. The van der Waals surface area contributed by atoms with E-state index in [0.717, 1.165) is 6.42 Å². The quantitative estimate of drug-likeness (QED) is 0.821. The summed E-state index contributed by atoms with van der Waals surface area (Å²) in [6.07, 6.45) is 1.18. The summed E-state index contributed by atoms with van der Waals surface area (Å²) in [5, 5.41) is 12.8. The number of aromatic nitrogens is 2. The minimum Gasteiger partial charge on any atom is -0.388 e. The molecule has 0 aliphatic heterocycles. The maximum absolute atomic E-state index is 13.3. The van der Waals surface area contributed by atoms with Gasteiger partial charge in [0, 0.05) is 6.20 Å². The van der Waals surface area contributed by atoms with Crippen molar-refractivity contribution >= 4 is 33.3 Å². The van der Waals surface area contributed by atoms with Crippen LogP contribution in [0.3, 0.4) is 0 Å². The molecule has 0 spiro atoms. The van der Waals surface area contributed by atoms with E-state index in [0.29, 0.717) is 23.1 Å². The van der Waals surface area contributed by atoms with Crippen molar-refractivity contribution in [2.45, 2.75) is 37.6 Å². The molecule has 4 nitrogen and oxygen atoms in total. The number of aliphatic hydroxyl groups is 1. The largest absolute Gasteiger partial charge is 0.388 e. The number of anilines is 1. The summed E-state index contributed by atoms with van der Waals surface area (Å²) in [6.45, 7) is 0. The molecule has 7 heteroatoms. The van der Waals surface area contributed by atoms with Crippen molar-refractivity contribution in [2.24, 2.45) is 0 Å². The van der Waals surface area contributed by atoms with Crippen LogP contribution in [-0.2, 0) is 0 Å². The second-order valence-corrected chi connectivity index (χ2v) is 5.22. The molecular weight excluding hydrogens is 312 g/mol. The highest BCUT2D eigenvalue weighted by Gasteiger charge is 2.32. The zero-order chi connectivity index (χ0) is 12.4. The molecule has 94 valence electrons. The molecule has 1 saturated carbocycles. The summed E-state index contributed by atoms with van der Waals surface area (Å²) in [6, 6.07) is -0.346. The zero-order valence-corrected chi connectivity index (χ0v) is 11.2. The Morgan fingerprint density at radius 3 is 3.06 bits per heavy atom. The van der Waals surface area contributed by atoms with E-state index in [1.807, 2.05) is 0 Å². The Hall–Kier alpha value is -0.460. The third-order valence-electron chi connectivity index (χ3n) is 2.81. The molecule has 1 aliphatic rings. The molecule has 2 N–H and O–H groups in total. The summed E-state index contributed by atoms with van der Waals surface area (Å²) < 4.78 is 14.0. The van der Waals surface area contributed by atoms with Gasteiger partial charge in [0.05, 0.1) is 10.5 Å². The fourth-order valence-electron chi connectivity index (χ4n) is 1.91. The maximum atomic E-state index is 13.3. The molecular formula is C10H12BrClFN3O. The molecule has 3 atom stereocenters. The summed E-state index contributed by atoms with van der Waals surface area (Å²) in [5.74, 6) is 0.475. The van der Waals surface area contributed by atoms with Crippen molar-refractivity contribution in [2.75, 3.05) is 5.32 Å². The van der Waals surface area contributed by atoms with Crippen LogP contribution in [0.1, 0.15) is 19.3 Å². The first-order valence-electron chi connectivity index (χ1n) is 5.34. The van der Waals surface area contributed by atoms with Crippen LogP contribution < -0.4 is 5.32 Å². The minimum absolute atomic E-state index is 0.109. The molecule has 2 rings (SSSR count). The third-order valence-corrected chi connectivity index (χ3v) is 3.58. The third kappa shape index (κ3) is 3.05. The molecule has 0 radical (unpaired) electrons. The Bertz CT molecular complexity index is 409. The standard InChI is InChI=1S/C10H12BrClFN3O/c11-5-4-14-10(12)16-9(5)15-7-3-1-2-6(13)8(7)17/h4,6-8,17H,1-3H2,(H,14,15,16)/t6-,7-,8+/m0/s1. The summed E-state index contributed by atoms with van der Waals surface area (Å²) in [4.78, 5) is 7.79. The van der Waals surface area contributed by atoms with Gasteiger partial charge in [-0.2, -0.15) is 4.98 Å². The van der Waals surface area contributed by atoms with Gasteiger partial charge in [0.25, 0.3) is 0 Å². The fraction of sp³-hybridized carbons (Fsp3) is 0.600. The fourth-order valence-corrected chi connectivity index (χ4v) is 2.35. The highest BCUT2D eigenvalue weighted by atomic mass is 79.9. The van der Waals surface area contributed by atoms with Crippen LogP contribution in [0, 0.1) is 0 Å². The van der Waals surface area contributed by atoms with E-state index in [9.17, 15) is 9.50 Å². The first-order valence-corrected chi connectivity index (χ1v) is 6.51. The lowest BCUT2D eigenvalue weighted by Gasteiger charge is -2.31. The molecule has 0 unspecified atom stereocenters. The van der Waals surface area contributed by atoms with Gasteiger partial charge in [0.2, 0.25) is 5.28 Å². The predicted molar refractivity (Wildman–Crippen MR) is 66.9 cm³/mol. The van der Waals surface area contributed by atoms with E-state index >= 15 is 0 Å². The molecule has 1 aromatic heterocycles. The second-order valence-electron chi connectivity index (χ2n) is 4.02. The van der Waals surface area contributed by atoms with Gasteiger partial charge in [-0.3, -0.25) is 0 Å². The average molecular weight is 325 g/mol. The smallest absolute Gasteiger partial charge is 0.224 e. The Kier molecular flexibility index (Phi) is 4.17. The van der Waals surface area contributed by atoms with Crippen LogP contribution in [-0.4, -0.2) is 33.4 Å². The van der Waals surface area contributed by atoms with Gasteiger partial charge in [0.15, 0.2) is 0 Å². The van der Waals surface area contributed by atoms with E-state index in [1.54, 1.807) is 0 Å². The molecule has 1 aromatic rings. The predicted octanol–water partition coefficient (Wildman–Crippen LogP) is 2.56. The van der Waals surface area contributed by atoms with Crippen molar-refractivity contribution in [3.05, 3.63) is 16.0 Å². The lowest BCUT2D eigenvalue weighted by Crippen LogP contribution is -2.43. The number of rotatable bonds is 2. The number of alkyl halides is 1. The Morgan fingerprint density at radius 1 is 1.53 bits per heavy atom. The van der Waals surface area contributed by atoms with Crippen molar-refractivity contribution in [1.29, 1.82) is 0 Å². The van der Waals surface area contributed by atoms with E-state index in [4.69, 9.17) is 11.6 Å². The lowest BCUT2D eigenvalue weighted by atomic mass is 9.91. The number of halogens is 3. The van der Waals surface area contributed by atoms with E-state index in [2.05, 4.69) is 31.2 Å². The van der Waals surface area contributed by atoms with Crippen molar-refractivity contribution in [3.8, 4) is 0 Å². The Labute approximate surface area is 112 Å². The van der Waals surface area contributed by atoms with Gasteiger partial charge < -0.3 is 10.4 Å². The van der Waals surface area contributed by atoms with E-state index < -0.39 is 12.3 Å². The molecule has 0 bridgehead atoms. The monoisotopic (exact) mass is 323 g/mol. The van der Waals surface area contributed by atoms with Gasteiger partial charge in [-0.1, -0.05) is 0 Å².